The first kappa shape index (κ1) is 8.85. The van der Waals surface area contributed by atoms with Crippen molar-refractivity contribution in [1.82, 2.24) is 10.6 Å². The molecule has 0 amide bonds. The number of nitrogens with one attached hydrogen (secondary N) is 2. The Kier molecular flexibility index (Phi) is 3.31. The maximum atomic E-state index is 3.64. The molecule has 2 fully saturated rings. The predicted octanol–water partition coefficient (Wildman–Crippen LogP) is 0.691. The van der Waals surface area contributed by atoms with Crippen molar-refractivity contribution in [3.05, 3.63) is 0 Å². The SMILES string of the molecule is C1CC(C2CSCCN2)CCN1. The molecule has 2 heterocycles. The van der Waals surface area contributed by atoms with Gasteiger partial charge in [0, 0.05) is 24.1 Å². The molecule has 0 spiro atoms. The highest BCUT2D eigenvalue weighted by atomic mass is 32.2. The van der Waals surface area contributed by atoms with Gasteiger partial charge in [-0.05, 0) is 31.8 Å². The van der Waals surface area contributed by atoms with Crippen LogP contribution in [0.1, 0.15) is 12.8 Å². The molecule has 2 aliphatic rings. The Morgan fingerprint density at radius 1 is 1.08 bits per heavy atom. The summed E-state index contributed by atoms with van der Waals surface area (Å²) in [7, 11) is 0. The lowest BCUT2D eigenvalue weighted by molar-refractivity contribution is 0.297. The number of rotatable bonds is 1. The summed E-state index contributed by atoms with van der Waals surface area (Å²) in [6, 6.07) is 0.811. The van der Waals surface area contributed by atoms with Gasteiger partial charge in [0.05, 0.1) is 0 Å². The van der Waals surface area contributed by atoms with E-state index in [1.54, 1.807) is 0 Å². The molecule has 0 radical (unpaired) electrons. The average molecular weight is 186 g/mol. The Balaban J connectivity index is 1.80. The minimum Gasteiger partial charge on any atom is -0.317 e. The van der Waals surface area contributed by atoms with Crippen molar-refractivity contribution >= 4 is 11.8 Å². The van der Waals surface area contributed by atoms with E-state index in [4.69, 9.17) is 0 Å². The Morgan fingerprint density at radius 3 is 2.58 bits per heavy atom. The smallest absolute Gasteiger partial charge is 0.0187 e. The van der Waals surface area contributed by atoms with E-state index in [0.29, 0.717) is 0 Å². The monoisotopic (exact) mass is 186 g/mol. The second-order valence-corrected chi connectivity index (χ2v) is 4.87. The molecule has 0 aliphatic carbocycles. The van der Waals surface area contributed by atoms with Crippen LogP contribution in [-0.2, 0) is 0 Å². The molecule has 0 aromatic heterocycles. The van der Waals surface area contributed by atoms with E-state index in [2.05, 4.69) is 22.4 Å². The molecule has 2 N–H and O–H groups in total. The summed E-state index contributed by atoms with van der Waals surface area (Å²) in [5, 5.41) is 7.06. The van der Waals surface area contributed by atoms with Crippen LogP contribution in [-0.4, -0.2) is 37.2 Å². The summed E-state index contributed by atoms with van der Waals surface area (Å²) in [5.74, 6) is 3.59. The molecule has 0 bridgehead atoms. The Morgan fingerprint density at radius 2 is 1.92 bits per heavy atom. The minimum atomic E-state index is 0.811. The fraction of sp³-hybridized carbons (Fsp3) is 1.00. The molecule has 0 saturated carbocycles. The van der Waals surface area contributed by atoms with E-state index in [0.717, 1.165) is 12.0 Å². The summed E-state index contributed by atoms with van der Waals surface area (Å²) in [6.07, 6.45) is 2.75. The molecule has 0 aromatic carbocycles. The first-order valence-electron chi connectivity index (χ1n) is 4.98. The van der Waals surface area contributed by atoms with Crippen LogP contribution in [0, 0.1) is 5.92 Å². The molecule has 2 saturated heterocycles. The molecule has 1 atom stereocenters. The topological polar surface area (TPSA) is 24.1 Å². The van der Waals surface area contributed by atoms with Crippen molar-refractivity contribution in [2.24, 2.45) is 5.92 Å². The summed E-state index contributed by atoms with van der Waals surface area (Å²) >= 11 is 2.11. The number of piperidine rings is 1. The number of thioether (sulfide) groups is 1. The highest BCUT2D eigenvalue weighted by Gasteiger charge is 2.24. The van der Waals surface area contributed by atoms with Crippen molar-refractivity contribution in [2.75, 3.05) is 31.1 Å². The van der Waals surface area contributed by atoms with Crippen LogP contribution < -0.4 is 10.6 Å². The first-order chi connectivity index (χ1) is 5.97. The third-order valence-corrected chi connectivity index (χ3v) is 3.99. The quantitative estimate of drug-likeness (QED) is 0.630. The summed E-state index contributed by atoms with van der Waals surface area (Å²) < 4.78 is 0. The first-order valence-corrected chi connectivity index (χ1v) is 6.14. The molecule has 12 heavy (non-hydrogen) atoms. The maximum absolute atomic E-state index is 3.64. The summed E-state index contributed by atoms with van der Waals surface area (Å²) in [5.41, 5.74) is 0. The van der Waals surface area contributed by atoms with Crippen LogP contribution in [0.3, 0.4) is 0 Å². The van der Waals surface area contributed by atoms with Crippen LogP contribution in [0.4, 0.5) is 0 Å². The second-order valence-electron chi connectivity index (χ2n) is 3.72. The van der Waals surface area contributed by atoms with E-state index < -0.39 is 0 Å². The Hall–Kier alpha value is 0.270. The third kappa shape index (κ3) is 2.15. The molecular formula is C9H18N2S. The molecule has 0 aromatic rings. The van der Waals surface area contributed by atoms with Gasteiger partial charge in [0.2, 0.25) is 0 Å². The fourth-order valence-corrected chi connectivity index (χ4v) is 3.21. The lowest BCUT2D eigenvalue weighted by Crippen LogP contribution is -2.46. The van der Waals surface area contributed by atoms with Gasteiger partial charge in [-0.2, -0.15) is 11.8 Å². The molecule has 2 aliphatic heterocycles. The van der Waals surface area contributed by atoms with Crippen molar-refractivity contribution in [3.63, 3.8) is 0 Å². The van der Waals surface area contributed by atoms with Crippen LogP contribution >= 0.6 is 11.8 Å². The zero-order chi connectivity index (χ0) is 8.23. The van der Waals surface area contributed by atoms with Crippen molar-refractivity contribution < 1.29 is 0 Å². The zero-order valence-corrected chi connectivity index (χ0v) is 8.33. The van der Waals surface area contributed by atoms with Gasteiger partial charge < -0.3 is 10.6 Å². The van der Waals surface area contributed by atoms with Gasteiger partial charge in [-0.15, -0.1) is 0 Å². The van der Waals surface area contributed by atoms with Crippen LogP contribution in [0.5, 0.6) is 0 Å². The van der Waals surface area contributed by atoms with Gasteiger partial charge in [0.15, 0.2) is 0 Å². The van der Waals surface area contributed by atoms with Crippen molar-refractivity contribution in [2.45, 2.75) is 18.9 Å². The van der Waals surface area contributed by atoms with E-state index in [9.17, 15) is 0 Å². The predicted molar refractivity (Wildman–Crippen MR) is 54.7 cm³/mol. The van der Waals surface area contributed by atoms with E-state index in [1.165, 1.54) is 44.0 Å². The molecule has 70 valence electrons. The average Bonchev–Trinajstić information content (AvgIpc) is 2.21. The van der Waals surface area contributed by atoms with Gasteiger partial charge in [0.1, 0.15) is 0 Å². The van der Waals surface area contributed by atoms with Crippen molar-refractivity contribution in [1.29, 1.82) is 0 Å². The van der Waals surface area contributed by atoms with Crippen LogP contribution in [0.2, 0.25) is 0 Å². The van der Waals surface area contributed by atoms with Gasteiger partial charge in [-0.3, -0.25) is 0 Å². The molecule has 2 nitrogen and oxygen atoms in total. The summed E-state index contributed by atoms with van der Waals surface area (Å²) in [6.45, 7) is 3.68. The summed E-state index contributed by atoms with van der Waals surface area (Å²) in [4.78, 5) is 0. The van der Waals surface area contributed by atoms with Crippen LogP contribution in [0.15, 0.2) is 0 Å². The van der Waals surface area contributed by atoms with Crippen molar-refractivity contribution in [3.8, 4) is 0 Å². The molecule has 3 heteroatoms. The third-order valence-electron chi connectivity index (χ3n) is 2.90. The lowest BCUT2D eigenvalue weighted by atomic mass is 9.91. The van der Waals surface area contributed by atoms with Gasteiger partial charge in [0.25, 0.3) is 0 Å². The second kappa shape index (κ2) is 4.49. The Bertz CT molecular complexity index is 112. The van der Waals surface area contributed by atoms with E-state index in [1.807, 2.05) is 0 Å². The molecular weight excluding hydrogens is 168 g/mol. The highest BCUT2D eigenvalue weighted by molar-refractivity contribution is 7.99. The molecule has 1 unspecified atom stereocenters. The number of hydrogen-bond acceptors (Lipinski definition) is 3. The van der Waals surface area contributed by atoms with E-state index in [-0.39, 0.29) is 0 Å². The van der Waals surface area contributed by atoms with Gasteiger partial charge in [-0.1, -0.05) is 0 Å². The van der Waals surface area contributed by atoms with Gasteiger partial charge >= 0.3 is 0 Å². The lowest BCUT2D eigenvalue weighted by Gasteiger charge is -2.33. The highest BCUT2D eigenvalue weighted by Crippen LogP contribution is 2.21. The van der Waals surface area contributed by atoms with Gasteiger partial charge in [-0.25, -0.2) is 0 Å². The largest absolute Gasteiger partial charge is 0.317 e. The fourth-order valence-electron chi connectivity index (χ4n) is 2.14. The Labute approximate surface area is 78.9 Å². The molecule has 2 rings (SSSR count). The maximum Gasteiger partial charge on any atom is 0.0187 e. The van der Waals surface area contributed by atoms with E-state index >= 15 is 0 Å². The number of hydrogen-bond donors (Lipinski definition) is 2. The minimum absolute atomic E-state index is 0.811. The zero-order valence-electron chi connectivity index (χ0n) is 7.51. The normalized spacial score (nSPS) is 33.5. The van der Waals surface area contributed by atoms with Crippen LogP contribution in [0.25, 0.3) is 0 Å². The standard InChI is InChI=1S/C9H18N2S/c1-3-10-4-2-8(1)9-7-12-6-5-11-9/h8-11H,1-7H2.